The highest BCUT2D eigenvalue weighted by Crippen LogP contribution is 2.33. The number of carbonyl (C=O) groups excluding carboxylic acids is 1. The maximum Gasteiger partial charge on any atom is 0.417 e. The first-order chi connectivity index (χ1) is 5.96. The molecule has 1 rings (SSSR count). The second-order valence-corrected chi connectivity index (χ2v) is 2.54. The van der Waals surface area contributed by atoms with Gasteiger partial charge in [0.25, 0.3) is 0 Å². The molecular weight excluding hydrogens is 183 g/mol. The summed E-state index contributed by atoms with van der Waals surface area (Å²) in [5.41, 5.74) is -1.37. The van der Waals surface area contributed by atoms with Crippen LogP contribution >= 0.6 is 0 Å². The summed E-state index contributed by atoms with van der Waals surface area (Å²) >= 11 is 0. The highest BCUT2D eigenvalue weighted by molar-refractivity contribution is 5.77. The first-order valence-electron chi connectivity index (χ1n) is 3.44. The fraction of sp³-hybridized carbons (Fsp3) is 0.250. The van der Waals surface area contributed by atoms with E-state index in [9.17, 15) is 18.0 Å². The zero-order chi connectivity index (χ0) is 10.1. The molecule has 0 bridgehead atoms. The van der Waals surface area contributed by atoms with Crippen LogP contribution in [0.4, 0.5) is 13.2 Å². The predicted molar refractivity (Wildman–Crippen MR) is 39.4 cm³/mol. The first-order valence-corrected chi connectivity index (χ1v) is 3.44. The van der Waals surface area contributed by atoms with Gasteiger partial charge in [-0.25, -0.2) is 0 Å². The van der Waals surface area contributed by atoms with Gasteiger partial charge in [-0.2, -0.15) is 13.2 Å². The molecule has 1 aromatic heterocycles. The number of aryl methyl sites for hydroxylation is 1. The minimum atomic E-state index is -4.50. The smallest absolute Gasteiger partial charge is 0.298 e. The number of hydrogen-bond donors (Lipinski definition) is 0. The quantitative estimate of drug-likeness (QED) is 0.634. The van der Waals surface area contributed by atoms with Crippen LogP contribution in [-0.4, -0.2) is 11.3 Å². The SMILES string of the molecule is Cc1cncc(C=O)c1C(F)(F)F. The van der Waals surface area contributed by atoms with E-state index in [1.807, 2.05) is 0 Å². The van der Waals surface area contributed by atoms with Crippen LogP contribution in [0.1, 0.15) is 21.5 Å². The Morgan fingerprint density at radius 1 is 1.38 bits per heavy atom. The Balaban J connectivity index is 3.40. The predicted octanol–water partition coefficient (Wildman–Crippen LogP) is 2.22. The Morgan fingerprint density at radius 3 is 2.38 bits per heavy atom. The van der Waals surface area contributed by atoms with Gasteiger partial charge in [0.15, 0.2) is 6.29 Å². The topological polar surface area (TPSA) is 30.0 Å². The number of halogens is 3. The fourth-order valence-electron chi connectivity index (χ4n) is 1.06. The molecule has 0 amide bonds. The van der Waals surface area contributed by atoms with Crippen LogP contribution in [0.15, 0.2) is 12.4 Å². The summed E-state index contributed by atoms with van der Waals surface area (Å²) in [6.45, 7) is 1.27. The van der Waals surface area contributed by atoms with Gasteiger partial charge in [0.2, 0.25) is 0 Å². The van der Waals surface area contributed by atoms with Gasteiger partial charge in [0.1, 0.15) is 0 Å². The van der Waals surface area contributed by atoms with E-state index < -0.39 is 17.3 Å². The van der Waals surface area contributed by atoms with Gasteiger partial charge in [-0.05, 0) is 12.5 Å². The number of pyridine rings is 1. The van der Waals surface area contributed by atoms with Crippen molar-refractivity contribution in [1.82, 2.24) is 4.98 Å². The largest absolute Gasteiger partial charge is 0.417 e. The number of carbonyl (C=O) groups is 1. The third-order valence-electron chi connectivity index (χ3n) is 1.58. The molecule has 0 N–H and O–H groups in total. The van der Waals surface area contributed by atoms with E-state index in [1.54, 1.807) is 0 Å². The monoisotopic (exact) mass is 189 g/mol. The normalized spacial score (nSPS) is 11.4. The van der Waals surface area contributed by atoms with Crippen molar-refractivity contribution in [2.45, 2.75) is 13.1 Å². The van der Waals surface area contributed by atoms with Crippen molar-refractivity contribution in [1.29, 1.82) is 0 Å². The van der Waals surface area contributed by atoms with Crippen molar-refractivity contribution in [2.24, 2.45) is 0 Å². The van der Waals surface area contributed by atoms with Gasteiger partial charge in [0.05, 0.1) is 5.56 Å². The molecule has 0 saturated heterocycles. The summed E-state index contributed by atoms with van der Waals surface area (Å²) in [4.78, 5) is 13.8. The zero-order valence-electron chi connectivity index (χ0n) is 6.72. The van der Waals surface area contributed by atoms with Crippen LogP contribution < -0.4 is 0 Å². The standard InChI is InChI=1S/C8H6F3NO/c1-5-2-12-3-6(4-13)7(5)8(9,10)11/h2-4H,1H3. The highest BCUT2D eigenvalue weighted by atomic mass is 19.4. The molecule has 0 fully saturated rings. The van der Waals surface area contributed by atoms with Crippen LogP contribution in [0.5, 0.6) is 0 Å². The molecule has 0 saturated carbocycles. The molecule has 0 aromatic carbocycles. The molecule has 13 heavy (non-hydrogen) atoms. The van der Waals surface area contributed by atoms with E-state index in [1.165, 1.54) is 6.92 Å². The van der Waals surface area contributed by atoms with E-state index >= 15 is 0 Å². The first kappa shape index (κ1) is 9.70. The minimum absolute atomic E-state index is 0.0444. The summed E-state index contributed by atoms with van der Waals surface area (Å²) < 4.78 is 36.9. The number of alkyl halides is 3. The Kier molecular flexibility index (Phi) is 2.36. The summed E-state index contributed by atoms with van der Waals surface area (Å²) in [6.07, 6.45) is -2.36. The molecule has 1 heterocycles. The molecule has 0 aliphatic rings. The van der Waals surface area contributed by atoms with Gasteiger partial charge in [-0.15, -0.1) is 0 Å². The highest BCUT2D eigenvalue weighted by Gasteiger charge is 2.35. The maximum atomic E-state index is 12.3. The lowest BCUT2D eigenvalue weighted by atomic mass is 10.1. The Hall–Kier alpha value is -1.39. The van der Waals surface area contributed by atoms with Gasteiger partial charge in [-0.3, -0.25) is 9.78 Å². The molecule has 0 spiro atoms. The van der Waals surface area contributed by atoms with Crippen LogP contribution in [0.3, 0.4) is 0 Å². The Labute approximate surface area is 72.4 Å². The molecule has 5 heteroatoms. The number of hydrogen-bond acceptors (Lipinski definition) is 2. The van der Waals surface area contributed by atoms with E-state index in [0.29, 0.717) is 0 Å². The Morgan fingerprint density at radius 2 is 2.00 bits per heavy atom. The molecule has 0 aliphatic heterocycles. The summed E-state index contributed by atoms with van der Waals surface area (Å²) in [5.74, 6) is 0. The van der Waals surface area contributed by atoms with Gasteiger partial charge in [0, 0.05) is 18.0 Å². The molecule has 0 unspecified atom stereocenters. The van der Waals surface area contributed by atoms with Gasteiger partial charge < -0.3 is 0 Å². The van der Waals surface area contributed by atoms with Crippen molar-refractivity contribution in [3.8, 4) is 0 Å². The summed E-state index contributed by atoms with van der Waals surface area (Å²) in [7, 11) is 0. The fourth-order valence-corrected chi connectivity index (χ4v) is 1.06. The lowest BCUT2D eigenvalue weighted by Gasteiger charge is -2.10. The summed E-state index contributed by atoms with van der Waals surface area (Å²) in [6, 6.07) is 0. The molecular formula is C8H6F3NO. The zero-order valence-corrected chi connectivity index (χ0v) is 6.72. The second kappa shape index (κ2) is 3.16. The molecule has 70 valence electrons. The van der Waals surface area contributed by atoms with Gasteiger partial charge in [-0.1, -0.05) is 0 Å². The molecule has 0 radical (unpaired) electrons. The van der Waals surface area contributed by atoms with E-state index in [2.05, 4.69) is 4.98 Å². The van der Waals surface area contributed by atoms with Crippen molar-refractivity contribution < 1.29 is 18.0 Å². The molecule has 1 aromatic rings. The van der Waals surface area contributed by atoms with Crippen LogP contribution in [0.2, 0.25) is 0 Å². The number of aromatic nitrogens is 1. The summed E-state index contributed by atoms with van der Waals surface area (Å²) in [5, 5.41) is 0. The van der Waals surface area contributed by atoms with Crippen LogP contribution in [0.25, 0.3) is 0 Å². The average Bonchev–Trinajstić information content (AvgIpc) is 2.01. The van der Waals surface area contributed by atoms with E-state index in [-0.39, 0.29) is 11.8 Å². The van der Waals surface area contributed by atoms with Crippen molar-refractivity contribution in [2.75, 3.05) is 0 Å². The van der Waals surface area contributed by atoms with Crippen LogP contribution in [0, 0.1) is 6.92 Å². The molecule has 0 aliphatic carbocycles. The third kappa shape index (κ3) is 1.85. The van der Waals surface area contributed by atoms with E-state index in [4.69, 9.17) is 0 Å². The minimum Gasteiger partial charge on any atom is -0.298 e. The van der Waals surface area contributed by atoms with Crippen LogP contribution in [-0.2, 0) is 6.18 Å². The number of aldehydes is 1. The maximum absolute atomic E-state index is 12.3. The van der Waals surface area contributed by atoms with Crippen molar-refractivity contribution in [3.05, 3.63) is 29.1 Å². The van der Waals surface area contributed by atoms with Crippen molar-refractivity contribution >= 4 is 6.29 Å². The second-order valence-electron chi connectivity index (χ2n) is 2.54. The number of nitrogens with zero attached hydrogens (tertiary/aromatic N) is 1. The lowest BCUT2D eigenvalue weighted by Crippen LogP contribution is -2.11. The lowest BCUT2D eigenvalue weighted by molar-refractivity contribution is -0.138. The van der Waals surface area contributed by atoms with Gasteiger partial charge >= 0.3 is 6.18 Å². The number of rotatable bonds is 1. The Bertz CT molecular complexity index is 333. The third-order valence-corrected chi connectivity index (χ3v) is 1.58. The van der Waals surface area contributed by atoms with Crippen molar-refractivity contribution in [3.63, 3.8) is 0 Å². The van der Waals surface area contributed by atoms with E-state index in [0.717, 1.165) is 12.4 Å². The average molecular weight is 189 g/mol. The molecule has 2 nitrogen and oxygen atoms in total. The molecule has 0 atom stereocenters.